The molecule has 2 aromatic carbocycles. The van der Waals surface area contributed by atoms with Crippen molar-refractivity contribution in [3.8, 4) is 0 Å². The van der Waals surface area contributed by atoms with E-state index >= 15 is 0 Å². The molecular weight excluding hydrogens is 371 g/mol. The van der Waals surface area contributed by atoms with Crippen molar-refractivity contribution in [2.75, 3.05) is 0 Å². The third-order valence-corrected chi connectivity index (χ3v) is 5.48. The van der Waals surface area contributed by atoms with Gasteiger partial charge in [0.1, 0.15) is 11.4 Å². The average molecular weight is 393 g/mol. The highest BCUT2D eigenvalue weighted by atomic mass is 35.5. The molecule has 4 heteroatoms. The molecule has 0 aliphatic heterocycles. The number of aromatic nitrogens is 1. The first-order valence-electron chi connectivity index (χ1n) is 9.46. The van der Waals surface area contributed by atoms with Crippen LogP contribution in [0.25, 0.3) is 0 Å². The summed E-state index contributed by atoms with van der Waals surface area (Å²) < 4.78 is 13.7. The SMILES string of the molecule is C=C(NC(Cc1ccccc1)(c1ccc(F)cc1)c1ccc(Cl)cn1)C1CC1. The van der Waals surface area contributed by atoms with Crippen molar-refractivity contribution in [2.24, 2.45) is 5.92 Å². The smallest absolute Gasteiger partial charge is 0.123 e. The summed E-state index contributed by atoms with van der Waals surface area (Å²) in [5, 5.41) is 4.27. The molecule has 1 aliphatic rings. The summed E-state index contributed by atoms with van der Waals surface area (Å²) in [5.74, 6) is 0.213. The third kappa shape index (κ3) is 3.95. The Hall–Kier alpha value is -2.65. The minimum Gasteiger partial charge on any atom is -0.374 e. The van der Waals surface area contributed by atoms with Crippen LogP contribution in [0, 0.1) is 11.7 Å². The van der Waals surface area contributed by atoms with Gasteiger partial charge in [-0.05, 0) is 54.2 Å². The fourth-order valence-electron chi connectivity index (χ4n) is 3.59. The van der Waals surface area contributed by atoms with Crippen molar-refractivity contribution in [3.63, 3.8) is 0 Å². The van der Waals surface area contributed by atoms with Crippen molar-refractivity contribution in [2.45, 2.75) is 24.8 Å². The highest BCUT2D eigenvalue weighted by molar-refractivity contribution is 6.30. The zero-order valence-electron chi connectivity index (χ0n) is 15.5. The molecule has 0 spiro atoms. The molecule has 0 amide bonds. The van der Waals surface area contributed by atoms with Gasteiger partial charge in [-0.25, -0.2) is 4.39 Å². The molecule has 142 valence electrons. The molecule has 0 radical (unpaired) electrons. The standard InChI is InChI=1S/C24H22ClFN2/c1-17(19-7-8-19)28-24(15-18-5-3-2-4-6-18,20-9-12-22(26)13-10-20)23-14-11-21(25)16-27-23/h2-6,9-14,16,19,28H,1,7-8,15H2. The van der Waals surface area contributed by atoms with Crippen LogP contribution >= 0.6 is 11.6 Å². The Morgan fingerprint density at radius 1 is 1.07 bits per heavy atom. The van der Waals surface area contributed by atoms with E-state index in [1.54, 1.807) is 6.20 Å². The van der Waals surface area contributed by atoms with Gasteiger partial charge < -0.3 is 5.32 Å². The highest BCUT2D eigenvalue weighted by Crippen LogP contribution is 2.40. The van der Waals surface area contributed by atoms with Crippen LogP contribution in [0.5, 0.6) is 0 Å². The van der Waals surface area contributed by atoms with Gasteiger partial charge in [-0.3, -0.25) is 4.98 Å². The lowest BCUT2D eigenvalue weighted by molar-refractivity contribution is 0.416. The van der Waals surface area contributed by atoms with Gasteiger partial charge in [0.15, 0.2) is 0 Å². The van der Waals surface area contributed by atoms with Gasteiger partial charge in [0.05, 0.1) is 10.7 Å². The maximum absolute atomic E-state index is 13.7. The molecular formula is C24H22ClFN2. The van der Waals surface area contributed by atoms with E-state index in [4.69, 9.17) is 11.6 Å². The third-order valence-electron chi connectivity index (χ3n) is 5.26. The summed E-state index contributed by atoms with van der Waals surface area (Å²) in [6.07, 6.45) is 4.59. The van der Waals surface area contributed by atoms with E-state index in [0.29, 0.717) is 17.4 Å². The molecule has 1 aromatic heterocycles. The van der Waals surface area contributed by atoms with Crippen molar-refractivity contribution >= 4 is 11.6 Å². The lowest BCUT2D eigenvalue weighted by Crippen LogP contribution is -2.46. The number of rotatable bonds is 7. The van der Waals surface area contributed by atoms with E-state index < -0.39 is 5.54 Å². The Morgan fingerprint density at radius 3 is 2.39 bits per heavy atom. The predicted octanol–water partition coefficient (Wildman–Crippen LogP) is 5.87. The first-order chi connectivity index (χ1) is 13.6. The van der Waals surface area contributed by atoms with Crippen molar-refractivity contribution in [3.05, 3.63) is 113 Å². The van der Waals surface area contributed by atoms with Crippen LogP contribution in [0.1, 0.15) is 29.7 Å². The number of allylic oxidation sites excluding steroid dienone is 1. The molecule has 1 fully saturated rings. The molecule has 0 bridgehead atoms. The molecule has 28 heavy (non-hydrogen) atoms. The monoisotopic (exact) mass is 392 g/mol. The number of nitrogens with one attached hydrogen (secondary N) is 1. The number of halogens is 2. The number of hydrogen-bond donors (Lipinski definition) is 1. The van der Waals surface area contributed by atoms with Gasteiger partial charge >= 0.3 is 0 Å². The number of benzene rings is 2. The number of nitrogens with zero attached hydrogens (tertiary/aromatic N) is 1. The second-order valence-electron chi connectivity index (χ2n) is 7.36. The molecule has 1 atom stereocenters. The van der Waals surface area contributed by atoms with E-state index in [2.05, 4.69) is 29.0 Å². The summed E-state index contributed by atoms with van der Waals surface area (Å²) in [7, 11) is 0. The Kier molecular flexibility index (Phi) is 5.19. The molecule has 3 aromatic rings. The summed E-state index contributed by atoms with van der Waals surface area (Å²) >= 11 is 6.10. The van der Waals surface area contributed by atoms with Crippen LogP contribution in [0.3, 0.4) is 0 Å². The number of hydrogen-bond acceptors (Lipinski definition) is 2. The van der Waals surface area contributed by atoms with Crippen LogP contribution in [0.2, 0.25) is 5.02 Å². The highest BCUT2D eigenvalue weighted by Gasteiger charge is 2.39. The van der Waals surface area contributed by atoms with Gasteiger partial charge in [0.2, 0.25) is 0 Å². The van der Waals surface area contributed by atoms with Gasteiger partial charge in [0.25, 0.3) is 0 Å². The normalized spacial score (nSPS) is 15.6. The Bertz CT molecular complexity index is 903. The van der Waals surface area contributed by atoms with Crippen molar-refractivity contribution < 1.29 is 4.39 Å². The summed E-state index contributed by atoms with van der Waals surface area (Å²) in [6.45, 7) is 4.29. The van der Waals surface area contributed by atoms with E-state index in [1.807, 2.05) is 42.5 Å². The van der Waals surface area contributed by atoms with Crippen molar-refractivity contribution in [1.82, 2.24) is 10.3 Å². The van der Waals surface area contributed by atoms with E-state index in [-0.39, 0.29) is 5.82 Å². The van der Waals surface area contributed by atoms with Crippen LogP contribution in [-0.4, -0.2) is 4.98 Å². The van der Waals surface area contributed by atoms with Gasteiger partial charge in [0, 0.05) is 18.3 Å². The van der Waals surface area contributed by atoms with Gasteiger partial charge in [-0.15, -0.1) is 0 Å². The van der Waals surface area contributed by atoms with E-state index in [0.717, 1.165) is 35.4 Å². The summed E-state index contributed by atoms with van der Waals surface area (Å²) in [4.78, 5) is 4.65. The fourth-order valence-corrected chi connectivity index (χ4v) is 3.71. The molecule has 1 aliphatic carbocycles. The second kappa shape index (κ2) is 7.76. The zero-order valence-corrected chi connectivity index (χ0v) is 16.3. The number of pyridine rings is 1. The summed E-state index contributed by atoms with van der Waals surface area (Å²) in [6, 6.07) is 20.6. The molecule has 1 heterocycles. The largest absolute Gasteiger partial charge is 0.374 e. The molecule has 2 nitrogen and oxygen atoms in total. The predicted molar refractivity (Wildman–Crippen MR) is 112 cm³/mol. The molecule has 1 saturated carbocycles. The fraction of sp³-hybridized carbons (Fsp3) is 0.208. The van der Waals surface area contributed by atoms with E-state index in [1.165, 1.54) is 12.1 Å². The molecule has 4 rings (SSSR count). The Balaban J connectivity index is 1.87. The summed E-state index contributed by atoms with van der Waals surface area (Å²) in [5.41, 5.74) is 3.25. The Morgan fingerprint density at radius 2 is 1.79 bits per heavy atom. The minimum atomic E-state index is -0.667. The minimum absolute atomic E-state index is 0.262. The topological polar surface area (TPSA) is 24.9 Å². The van der Waals surface area contributed by atoms with Crippen LogP contribution in [0.15, 0.2) is 85.2 Å². The van der Waals surface area contributed by atoms with Crippen LogP contribution < -0.4 is 5.32 Å². The lowest BCUT2D eigenvalue weighted by atomic mass is 9.80. The molecule has 1 N–H and O–H groups in total. The van der Waals surface area contributed by atoms with Crippen LogP contribution in [0.4, 0.5) is 4.39 Å². The molecule has 0 saturated heterocycles. The van der Waals surface area contributed by atoms with Crippen LogP contribution in [-0.2, 0) is 12.0 Å². The average Bonchev–Trinajstić information content (AvgIpc) is 3.55. The lowest BCUT2D eigenvalue weighted by Gasteiger charge is -2.37. The van der Waals surface area contributed by atoms with E-state index in [9.17, 15) is 4.39 Å². The van der Waals surface area contributed by atoms with Gasteiger partial charge in [-0.1, -0.05) is 60.6 Å². The zero-order chi connectivity index (χ0) is 19.6. The Labute approximate surface area is 170 Å². The van der Waals surface area contributed by atoms with Gasteiger partial charge in [-0.2, -0.15) is 0 Å². The second-order valence-corrected chi connectivity index (χ2v) is 7.80. The first-order valence-corrected chi connectivity index (χ1v) is 9.83. The quantitative estimate of drug-likeness (QED) is 0.543. The maximum atomic E-state index is 13.7. The van der Waals surface area contributed by atoms with Crippen molar-refractivity contribution in [1.29, 1.82) is 0 Å². The molecule has 1 unspecified atom stereocenters. The maximum Gasteiger partial charge on any atom is 0.123 e. The first kappa shape index (κ1) is 18.7.